The molecule has 0 bridgehead atoms. The first-order valence-corrected chi connectivity index (χ1v) is 17.0. The van der Waals surface area contributed by atoms with Gasteiger partial charge < -0.3 is 29.0 Å². The van der Waals surface area contributed by atoms with Crippen LogP contribution in [-0.4, -0.2) is 90.6 Å². The minimum Gasteiger partial charge on any atom is -0.444 e. The van der Waals surface area contributed by atoms with Gasteiger partial charge in [0, 0.05) is 49.6 Å². The number of amides is 2. The van der Waals surface area contributed by atoms with Crippen LogP contribution in [0.15, 0.2) is 36.8 Å². The molecule has 256 valence electrons. The lowest BCUT2D eigenvalue weighted by Gasteiger charge is -2.35. The van der Waals surface area contributed by atoms with Gasteiger partial charge in [-0.2, -0.15) is 5.10 Å². The number of morpholine rings is 1. The van der Waals surface area contributed by atoms with Gasteiger partial charge in [0.05, 0.1) is 30.5 Å². The number of benzene rings is 1. The minimum absolute atomic E-state index is 0.0348. The maximum absolute atomic E-state index is 13.5. The summed E-state index contributed by atoms with van der Waals surface area (Å²) >= 11 is 0. The Morgan fingerprint density at radius 1 is 1.10 bits per heavy atom. The highest BCUT2D eigenvalue weighted by molar-refractivity contribution is 5.97. The fraction of sp³-hybridized carbons (Fsp3) is 0.528. The summed E-state index contributed by atoms with van der Waals surface area (Å²) in [5.41, 5.74) is 5.27. The number of nitrogens with zero attached hydrogens (tertiary/aromatic N) is 6. The molecule has 1 unspecified atom stereocenters. The molecule has 0 radical (unpaired) electrons. The van der Waals surface area contributed by atoms with Gasteiger partial charge in [-0.05, 0) is 96.6 Å². The Kier molecular flexibility index (Phi) is 9.57. The lowest BCUT2D eigenvalue weighted by molar-refractivity contribution is -0.0587. The molecule has 2 amide bonds. The highest BCUT2D eigenvalue weighted by Gasteiger charge is 2.29. The van der Waals surface area contributed by atoms with Gasteiger partial charge in [0.15, 0.2) is 12.1 Å². The molecule has 12 nitrogen and oxygen atoms in total. The number of rotatable bonds is 7. The number of nitrogens with one attached hydrogen (secondary N) is 1. The van der Waals surface area contributed by atoms with E-state index in [1.54, 1.807) is 11.1 Å². The monoisotopic (exact) mass is 657 g/mol. The molecule has 0 saturated carbocycles. The quantitative estimate of drug-likeness (QED) is 0.239. The van der Waals surface area contributed by atoms with Crippen LogP contribution in [0.25, 0.3) is 33.5 Å². The predicted molar refractivity (Wildman–Crippen MR) is 182 cm³/mol. The Balaban J connectivity index is 1.36. The zero-order chi connectivity index (χ0) is 34.2. The summed E-state index contributed by atoms with van der Waals surface area (Å²) in [4.78, 5) is 42.4. The third kappa shape index (κ3) is 7.09. The number of H-pyrrole nitrogens is 1. The molecule has 3 atom stereocenters. The van der Waals surface area contributed by atoms with Crippen molar-refractivity contribution in [1.82, 2.24) is 34.5 Å². The molecule has 4 aromatic rings. The van der Waals surface area contributed by atoms with Gasteiger partial charge in [-0.15, -0.1) is 0 Å². The molecule has 0 spiro atoms. The van der Waals surface area contributed by atoms with Gasteiger partial charge in [0.2, 0.25) is 0 Å². The molecule has 6 rings (SSSR count). The molecule has 2 saturated heterocycles. The first-order chi connectivity index (χ1) is 22.9. The zero-order valence-corrected chi connectivity index (χ0v) is 29.1. The fourth-order valence-electron chi connectivity index (χ4n) is 6.54. The molecule has 3 aromatic heterocycles. The van der Waals surface area contributed by atoms with Gasteiger partial charge >= 0.3 is 6.09 Å². The van der Waals surface area contributed by atoms with E-state index in [-0.39, 0.29) is 30.4 Å². The second-order valence-corrected chi connectivity index (χ2v) is 13.9. The van der Waals surface area contributed by atoms with E-state index in [2.05, 4.69) is 40.1 Å². The highest BCUT2D eigenvalue weighted by atomic mass is 16.6. The van der Waals surface area contributed by atoms with Crippen LogP contribution in [0.4, 0.5) is 4.79 Å². The van der Waals surface area contributed by atoms with Crippen molar-refractivity contribution in [2.24, 2.45) is 0 Å². The van der Waals surface area contributed by atoms with E-state index in [4.69, 9.17) is 19.3 Å². The van der Waals surface area contributed by atoms with Crippen LogP contribution in [0, 0.1) is 6.92 Å². The number of carbonyl (C=O) groups is 2. The van der Waals surface area contributed by atoms with E-state index in [0.29, 0.717) is 50.0 Å². The van der Waals surface area contributed by atoms with Crippen LogP contribution in [0.2, 0.25) is 0 Å². The third-order valence-electron chi connectivity index (χ3n) is 8.90. The van der Waals surface area contributed by atoms with Crippen LogP contribution in [0.3, 0.4) is 0 Å². The largest absolute Gasteiger partial charge is 0.444 e. The summed E-state index contributed by atoms with van der Waals surface area (Å²) < 4.78 is 19.6. The van der Waals surface area contributed by atoms with Crippen LogP contribution in [0.5, 0.6) is 0 Å². The average Bonchev–Trinajstić information content (AvgIpc) is 3.68. The Bertz CT molecular complexity index is 1770. The van der Waals surface area contributed by atoms with Crippen LogP contribution < -0.4 is 0 Å². The van der Waals surface area contributed by atoms with Crippen molar-refractivity contribution in [3.05, 3.63) is 53.6 Å². The number of ether oxygens (including phenoxy) is 3. The lowest BCUT2D eigenvalue weighted by atomic mass is 9.97. The number of aromatic nitrogens is 5. The van der Waals surface area contributed by atoms with Crippen molar-refractivity contribution in [3.63, 3.8) is 0 Å². The number of carbonyl (C=O) groups excluding carboxylic acids is 2. The van der Waals surface area contributed by atoms with Crippen molar-refractivity contribution in [2.75, 3.05) is 26.2 Å². The molecule has 48 heavy (non-hydrogen) atoms. The Labute approximate surface area is 281 Å². The van der Waals surface area contributed by atoms with Gasteiger partial charge in [0.1, 0.15) is 17.0 Å². The molecular weight excluding hydrogens is 610 g/mol. The fourth-order valence-corrected chi connectivity index (χ4v) is 6.54. The molecule has 1 aromatic carbocycles. The number of hydrogen-bond acceptors (Lipinski definition) is 8. The van der Waals surface area contributed by atoms with Gasteiger partial charge in [-0.25, -0.2) is 14.5 Å². The second-order valence-electron chi connectivity index (χ2n) is 13.9. The van der Waals surface area contributed by atoms with E-state index < -0.39 is 5.60 Å². The van der Waals surface area contributed by atoms with E-state index in [1.165, 1.54) is 0 Å². The summed E-state index contributed by atoms with van der Waals surface area (Å²) in [6, 6.07) is 6.24. The zero-order valence-electron chi connectivity index (χ0n) is 29.1. The topological polar surface area (TPSA) is 128 Å². The number of imidazole rings is 1. The average molecular weight is 658 g/mol. The highest BCUT2D eigenvalue weighted by Crippen LogP contribution is 2.36. The second kappa shape index (κ2) is 13.7. The van der Waals surface area contributed by atoms with Crippen LogP contribution >= 0.6 is 0 Å². The normalized spacial score (nSPS) is 20.2. The summed E-state index contributed by atoms with van der Waals surface area (Å²) in [5, 5.41) is 5.93. The van der Waals surface area contributed by atoms with E-state index in [9.17, 15) is 9.59 Å². The van der Waals surface area contributed by atoms with Crippen molar-refractivity contribution >= 4 is 22.9 Å². The molecular formula is C36H47N7O5. The van der Waals surface area contributed by atoms with Gasteiger partial charge in [-0.1, -0.05) is 6.07 Å². The van der Waals surface area contributed by atoms with Gasteiger partial charge in [0.25, 0.3) is 5.91 Å². The lowest BCUT2D eigenvalue weighted by Crippen LogP contribution is -2.48. The summed E-state index contributed by atoms with van der Waals surface area (Å²) in [6.07, 6.45) is 7.60. The maximum Gasteiger partial charge on any atom is 0.410 e. The molecule has 5 heterocycles. The Hall–Kier alpha value is -4.29. The molecule has 2 aliphatic heterocycles. The Morgan fingerprint density at radius 2 is 1.88 bits per heavy atom. The summed E-state index contributed by atoms with van der Waals surface area (Å²) in [7, 11) is 0. The van der Waals surface area contributed by atoms with Crippen LogP contribution in [-0.2, 0) is 20.8 Å². The predicted octanol–water partition coefficient (Wildman–Crippen LogP) is 6.50. The number of fused-ring (bicyclic) bond motifs is 1. The molecule has 12 heteroatoms. The van der Waals surface area contributed by atoms with Crippen molar-refractivity contribution in [1.29, 1.82) is 0 Å². The van der Waals surface area contributed by atoms with Gasteiger partial charge in [-0.3, -0.25) is 9.78 Å². The van der Waals surface area contributed by atoms with E-state index in [0.717, 1.165) is 52.4 Å². The van der Waals surface area contributed by atoms with Crippen molar-refractivity contribution in [3.8, 4) is 22.6 Å². The molecule has 2 aliphatic rings. The molecule has 2 fully saturated rings. The standard InChI is InChI=1S/C36H47N7O5/c1-8-41(35(45)48-36(5,6)7)21-26-16-37-17-28(24(26)4)25-12-13-30-27(15-25)32(40-43(30)31-11-9-10-14-46-31)33-38-18-29(39-33)34(44)42-19-22(2)47-23(3)20-42/h12-13,15-18,22-23,31H,8-11,14,19-21H2,1-7H3,(H,38,39)/t22-,23+,31?. The first kappa shape index (κ1) is 33.6. The smallest absolute Gasteiger partial charge is 0.410 e. The summed E-state index contributed by atoms with van der Waals surface area (Å²) in [5.74, 6) is 0.408. The first-order valence-electron chi connectivity index (χ1n) is 17.0. The summed E-state index contributed by atoms with van der Waals surface area (Å²) in [6.45, 7) is 16.2. The SMILES string of the molecule is CCN(Cc1cncc(-c2ccc3c(c2)c(-c2ncc(C(=O)N4C[C@@H](C)O[C@@H](C)C4)[nH]2)nn3C2CCCCO2)c1C)C(=O)OC(C)(C)C. The number of hydrogen-bond donors (Lipinski definition) is 1. The van der Waals surface area contributed by atoms with E-state index >= 15 is 0 Å². The molecule has 1 N–H and O–H groups in total. The minimum atomic E-state index is -0.582. The van der Waals surface area contributed by atoms with Crippen molar-refractivity contribution in [2.45, 2.75) is 98.3 Å². The third-order valence-corrected chi connectivity index (χ3v) is 8.90. The number of aromatic amines is 1. The maximum atomic E-state index is 13.5. The van der Waals surface area contributed by atoms with E-state index in [1.807, 2.05) is 63.5 Å². The molecule has 0 aliphatic carbocycles. The Morgan fingerprint density at radius 3 is 2.56 bits per heavy atom. The number of pyridine rings is 1. The van der Waals surface area contributed by atoms with Crippen LogP contribution in [0.1, 0.15) is 88.6 Å². The van der Waals surface area contributed by atoms with Crippen molar-refractivity contribution < 1.29 is 23.8 Å².